The summed E-state index contributed by atoms with van der Waals surface area (Å²) in [6.07, 6.45) is 0. The molecule has 1 aromatic rings. The number of hydrogen-bond acceptors (Lipinski definition) is 3. The van der Waals surface area contributed by atoms with E-state index in [9.17, 15) is 8.42 Å². The molecule has 0 amide bonds. The Morgan fingerprint density at radius 1 is 1.29 bits per heavy atom. The molecular weight excluding hydrogens is 234 g/mol. The van der Waals surface area contributed by atoms with Crippen LogP contribution in [-0.4, -0.2) is 26.8 Å². The molecule has 0 bridgehead atoms. The highest BCUT2D eigenvalue weighted by molar-refractivity contribution is 7.91. The molecule has 0 spiro atoms. The summed E-state index contributed by atoms with van der Waals surface area (Å²) in [5, 5.41) is 2.61. The maximum absolute atomic E-state index is 12.2. The molecular formula is C13H21NO2S. The van der Waals surface area contributed by atoms with E-state index in [0.717, 1.165) is 11.1 Å². The van der Waals surface area contributed by atoms with E-state index in [0.29, 0.717) is 0 Å². The normalized spacial score (nSPS) is 15.5. The summed E-state index contributed by atoms with van der Waals surface area (Å²) in [6, 6.07) is 7.61. The zero-order valence-corrected chi connectivity index (χ0v) is 11.7. The average Bonchev–Trinajstić information content (AvgIpc) is 2.26. The van der Waals surface area contributed by atoms with Gasteiger partial charge in [-0.25, -0.2) is 8.42 Å². The van der Waals surface area contributed by atoms with E-state index >= 15 is 0 Å². The summed E-state index contributed by atoms with van der Waals surface area (Å²) < 4.78 is 24.3. The van der Waals surface area contributed by atoms with E-state index in [-0.39, 0.29) is 17.0 Å². The van der Waals surface area contributed by atoms with E-state index in [4.69, 9.17) is 0 Å². The Morgan fingerprint density at radius 2 is 1.94 bits per heavy atom. The molecule has 0 heterocycles. The van der Waals surface area contributed by atoms with E-state index in [1.807, 2.05) is 38.1 Å². The molecule has 0 saturated carbocycles. The second-order valence-corrected chi connectivity index (χ2v) is 6.94. The number of nitrogens with one attached hydrogen (secondary N) is 1. The highest BCUT2D eigenvalue weighted by Crippen LogP contribution is 2.14. The molecule has 1 rings (SSSR count). The van der Waals surface area contributed by atoms with Crippen molar-refractivity contribution in [2.45, 2.75) is 37.8 Å². The van der Waals surface area contributed by atoms with Crippen LogP contribution in [0.3, 0.4) is 0 Å². The van der Waals surface area contributed by atoms with Crippen LogP contribution in [0.15, 0.2) is 24.3 Å². The van der Waals surface area contributed by atoms with E-state index in [1.165, 1.54) is 0 Å². The topological polar surface area (TPSA) is 46.2 Å². The lowest BCUT2D eigenvalue weighted by molar-refractivity contribution is 0.539. The molecule has 0 aromatic heterocycles. The summed E-state index contributed by atoms with van der Waals surface area (Å²) >= 11 is 0. The number of hydrogen-bond donors (Lipinski definition) is 1. The first-order chi connectivity index (χ1) is 7.86. The van der Waals surface area contributed by atoms with Gasteiger partial charge in [-0.05, 0) is 33.4 Å². The van der Waals surface area contributed by atoms with Crippen LogP contribution in [-0.2, 0) is 15.6 Å². The molecule has 0 fully saturated rings. The van der Waals surface area contributed by atoms with Crippen molar-refractivity contribution in [3.05, 3.63) is 35.4 Å². The summed E-state index contributed by atoms with van der Waals surface area (Å²) in [7, 11) is -1.32. The van der Waals surface area contributed by atoms with Crippen LogP contribution >= 0.6 is 0 Å². The fourth-order valence-electron chi connectivity index (χ4n) is 1.71. The Kier molecular flexibility index (Phi) is 4.71. The SMILES string of the molecule is CNC(C)C(C)S(=O)(=O)Cc1cccc(C)c1. The number of benzene rings is 1. The standard InChI is InChI=1S/C13H21NO2S/c1-10-6-5-7-13(8-10)9-17(15,16)12(3)11(2)14-4/h5-8,11-12,14H,9H2,1-4H3. The second kappa shape index (κ2) is 5.65. The lowest BCUT2D eigenvalue weighted by Gasteiger charge is -2.19. The molecule has 96 valence electrons. The Hall–Kier alpha value is -0.870. The average molecular weight is 255 g/mol. The third kappa shape index (κ3) is 3.82. The Morgan fingerprint density at radius 3 is 2.47 bits per heavy atom. The van der Waals surface area contributed by atoms with Gasteiger partial charge in [-0.3, -0.25) is 0 Å². The molecule has 0 aliphatic carbocycles. The highest BCUT2D eigenvalue weighted by Gasteiger charge is 2.25. The maximum atomic E-state index is 12.2. The summed E-state index contributed by atoms with van der Waals surface area (Å²) in [6.45, 7) is 5.61. The van der Waals surface area contributed by atoms with E-state index < -0.39 is 9.84 Å². The van der Waals surface area contributed by atoms with Gasteiger partial charge in [-0.15, -0.1) is 0 Å². The van der Waals surface area contributed by atoms with Crippen LogP contribution in [0.1, 0.15) is 25.0 Å². The minimum atomic E-state index is -3.10. The molecule has 3 nitrogen and oxygen atoms in total. The predicted molar refractivity (Wildman–Crippen MR) is 71.8 cm³/mol. The zero-order valence-electron chi connectivity index (χ0n) is 10.9. The van der Waals surface area contributed by atoms with Gasteiger partial charge in [-0.2, -0.15) is 0 Å². The predicted octanol–water partition coefficient (Wildman–Crippen LogP) is 1.91. The Labute approximate surface area is 104 Å². The van der Waals surface area contributed by atoms with Crippen molar-refractivity contribution >= 4 is 9.84 Å². The minimum Gasteiger partial charge on any atom is -0.316 e. The van der Waals surface area contributed by atoms with Crippen LogP contribution in [0, 0.1) is 6.92 Å². The smallest absolute Gasteiger partial charge is 0.158 e. The number of sulfone groups is 1. The quantitative estimate of drug-likeness (QED) is 0.874. The van der Waals surface area contributed by atoms with Crippen LogP contribution in [0.2, 0.25) is 0 Å². The van der Waals surface area contributed by atoms with Crippen molar-refractivity contribution in [2.75, 3.05) is 7.05 Å². The third-order valence-corrected chi connectivity index (χ3v) is 5.45. The Balaban J connectivity index is 2.87. The van der Waals surface area contributed by atoms with Gasteiger partial charge >= 0.3 is 0 Å². The maximum Gasteiger partial charge on any atom is 0.158 e. The fraction of sp³-hybridized carbons (Fsp3) is 0.538. The Bertz CT molecular complexity index is 468. The number of rotatable bonds is 5. The first-order valence-electron chi connectivity index (χ1n) is 5.81. The second-order valence-electron chi connectivity index (χ2n) is 4.58. The molecule has 2 unspecified atom stereocenters. The van der Waals surface area contributed by atoms with Crippen LogP contribution < -0.4 is 5.32 Å². The van der Waals surface area contributed by atoms with Gasteiger partial charge < -0.3 is 5.32 Å². The summed E-state index contributed by atoms with van der Waals surface area (Å²) in [5.41, 5.74) is 1.95. The molecule has 0 aliphatic rings. The first kappa shape index (κ1) is 14.2. The minimum absolute atomic E-state index is 0.0372. The lowest BCUT2D eigenvalue weighted by atomic mass is 10.2. The van der Waals surface area contributed by atoms with Gasteiger partial charge in [0.1, 0.15) is 0 Å². The largest absolute Gasteiger partial charge is 0.316 e. The molecule has 0 radical (unpaired) electrons. The highest BCUT2D eigenvalue weighted by atomic mass is 32.2. The molecule has 2 atom stereocenters. The number of aryl methyl sites for hydroxylation is 1. The monoisotopic (exact) mass is 255 g/mol. The van der Waals surface area contributed by atoms with Crippen molar-refractivity contribution in [1.82, 2.24) is 5.32 Å². The van der Waals surface area contributed by atoms with Gasteiger partial charge in [0.25, 0.3) is 0 Å². The molecule has 0 saturated heterocycles. The molecule has 4 heteroatoms. The molecule has 1 N–H and O–H groups in total. The van der Waals surface area contributed by atoms with E-state index in [1.54, 1.807) is 14.0 Å². The van der Waals surface area contributed by atoms with Crippen molar-refractivity contribution < 1.29 is 8.42 Å². The van der Waals surface area contributed by atoms with Crippen LogP contribution in [0.5, 0.6) is 0 Å². The van der Waals surface area contributed by atoms with Crippen LogP contribution in [0.25, 0.3) is 0 Å². The van der Waals surface area contributed by atoms with Gasteiger partial charge in [0.2, 0.25) is 0 Å². The van der Waals surface area contributed by atoms with Gasteiger partial charge in [0, 0.05) is 6.04 Å². The first-order valence-corrected chi connectivity index (χ1v) is 7.52. The van der Waals surface area contributed by atoms with Crippen molar-refractivity contribution in [1.29, 1.82) is 0 Å². The fourth-order valence-corrected chi connectivity index (χ4v) is 3.38. The van der Waals surface area contributed by atoms with Gasteiger partial charge in [0.15, 0.2) is 9.84 Å². The lowest BCUT2D eigenvalue weighted by Crippen LogP contribution is -2.38. The van der Waals surface area contributed by atoms with Crippen molar-refractivity contribution in [2.24, 2.45) is 0 Å². The van der Waals surface area contributed by atoms with Gasteiger partial charge in [-0.1, -0.05) is 29.8 Å². The molecule has 0 aliphatic heterocycles. The summed E-state index contributed by atoms with van der Waals surface area (Å²) in [4.78, 5) is 0. The zero-order chi connectivity index (χ0) is 13.1. The van der Waals surface area contributed by atoms with Crippen molar-refractivity contribution in [3.8, 4) is 0 Å². The molecule has 17 heavy (non-hydrogen) atoms. The molecule has 1 aromatic carbocycles. The summed E-state index contributed by atoms with van der Waals surface area (Å²) in [5.74, 6) is 0.113. The van der Waals surface area contributed by atoms with Crippen LogP contribution in [0.4, 0.5) is 0 Å². The van der Waals surface area contributed by atoms with Gasteiger partial charge in [0.05, 0.1) is 11.0 Å². The van der Waals surface area contributed by atoms with Crippen molar-refractivity contribution in [3.63, 3.8) is 0 Å². The third-order valence-electron chi connectivity index (χ3n) is 3.18. The van der Waals surface area contributed by atoms with E-state index in [2.05, 4.69) is 5.32 Å².